The zero-order valence-electron chi connectivity index (χ0n) is 9.51. The van der Waals surface area contributed by atoms with E-state index in [1.54, 1.807) is 0 Å². The molecule has 1 aromatic carbocycles. The third-order valence-corrected chi connectivity index (χ3v) is 2.50. The van der Waals surface area contributed by atoms with Crippen LogP contribution in [0.4, 0.5) is 10.1 Å². The Morgan fingerprint density at radius 2 is 2.32 bits per heavy atom. The van der Waals surface area contributed by atoms with Crippen LogP contribution in [0.5, 0.6) is 11.6 Å². The molecule has 0 saturated carbocycles. The van der Waals surface area contributed by atoms with Gasteiger partial charge in [-0.05, 0) is 12.1 Å². The summed E-state index contributed by atoms with van der Waals surface area (Å²) in [5, 5.41) is 12.5. The molecule has 0 fully saturated rings. The Labute approximate surface area is 112 Å². The molecular formula is C11H9ClFN3O3. The number of rotatable bonds is 4. The molecule has 0 atom stereocenters. The van der Waals surface area contributed by atoms with Crippen LogP contribution in [0.25, 0.3) is 0 Å². The number of carbonyl (C=O) groups is 1. The van der Waals surface area contributed by atoms with Crippen molar-refractivity contribution in [2.75, 3.05) is 5.73 Å². The molecule has 1 heterocycles. The van der Waals surface area contributed by atoms with Crippen molar-refractivity contribution in [1.29, 1.82) is 0 Å². The van der Waals surface area contributed by atoms with E-state index in [0.29, 0.717) is 5.69 Å². The third kappa shape index (κ3) is 3.14. The lowest BCUT2D eigenvalue weighted by atomic mass is 10.3. The quantitative estimate of drug-likeness (QED) is 0.840. The molecule has 19 heavy (non-hydrogen) atoms. The Morgan fingerprint density at radius 1 is 1.58 bits per heavy atom. The monoisotopic (exact) mass is 285 g/mol. The average molecular weight is 286 g/mol. The molecule has 2 rings (SSSR count). The van der Waals surface area contributed by atoms with Gasteiger partial charge in [-0.25, -0.2) is 0 Å². The SMILES string of the molecule is Nc1ccc(Oc2nn(CC(=O)O)cc2F)cc1Cl. The summed E-state index contributed by atoms with van der Waals surface area (Å²) in [5.74, 6) is -1.99. The van der Waals surface area contributed by atoms with Crippen LogP contribution in [0.2, 0.25) is 5.02 Å². The third-order valence-electron chi connectivity index (χ3n) is 2.17. The fraction of sp³-hybridized carbons (Fsp3) is 0.0909. The van der Waals surface area contributed by atoms with E-state index >= 15 is 0 Å². The number of halogens is 2. The van der Waals surface area contributed by atoms with Crippen molar-refractivity contribution in [3.8, 4) is 11.6 Å². The molecule has 6 nitrogen and oxygen atoms in total. The van der Waals surface area contributed by atoms with Crippen LogP contribution in [-0.4, -0.2) is 20.9 Å². The Morgan fingerprint density at radius 3 is 2.95 bits per heavy atom. The van der Waals surface area contributed by atoms with E-state index in [1.165, 1.54) is 18.2 Å². The highest BCUT2D eigenvalue weighted by Crippen LogP contribution is 2.28. The van der Waals surface area contributed by atoms with Crippen molar-refractivity contribution in [1.82, 2.24) is 9.78 Å². The Balaban J connectivity index is 2.20. The average Bonchev–Trinajstić information content (AvgIpc) is 2.63. The number of carboxylic acids is 1. The van der Waals surface area contributed by atoms with E-state index in [2.05, 4.69) is 5.10 Å². The van der Waals surface area contributed by atoms with Gasteiger partial charge in [0.1, 0.15) is 12.3 Å². The lowest BCUT2D eigenvalue weighted by Crippen LogP contribution is -2.08. The number of aromatic nitrogens is 2. The van der Waals surface area contributed by atoms with Gasteiger partial charge < -0.3 is 15.6 Å². The highest BCUT2D eigenvalue weighted by molar-refractivity contribution is 6.33. The van der Waals surface area contributed by atoms with Crippen LogP contribution in [0.1, 0.15) is 0 Å². The molecule has 8 heteroatoms. The van der Waals surface area contributed by atoms with E-state index in [0.717, 1.165) is 10.9 Å². The minimum atomic E-state index is -1.13. The molecule has 0 saturated heterocycles. The molecule has 0 unspecified atom stereocenters. The van der Waals surface area contributed by atoms with Crippen LogP contribution < -0.4 is 10.5 Å². The summed E-state index contributed by atoms with van der Waals surface area (Å²) in [6, 6.07) is 4.41. The minimum Gasteiger partial charge on any atom is -0.480 e. The molecule has 1 aromatic heterocycles. The van der Waals surface area contributed by atoms with Crippen LogP contribution >= 0.6 is 11.6 Å². The van der Waals surface area contributed by atoms with Crippen molar-refractivity contribution < 1.29 is 19.0 Å². The van der Waals surface area contributed by atoms with Gasteiger partial charge >= 0.3 is 5.97 Å². The first-order valence-corrected chi connectivity index (χ1v) is 5.51. The number of carboxylic acid groups (broad SMARTS) is 1. The van der Waals surface area contributed by atoms with Gasteiger partial charge in [0.25, 0.3) is 5.88 Å². The predicted octanol–water partition coefficient (Wildman–Crippen LogP) is 2.13. The summed E-state index contributed by atoms with van der Waals surface area (Å²) in [7, 11) is 0. The standard InChI is InChI=1S/C11H9ClFN3O3/c12-7-3-6(1-2-9(7)14)19-11-8(13)4-16(15-11)5-10(17)18/h1-4H,5,14H2,(H,17,18). The van der Waals surface area contributed by atoms with E-state index in [-0.39, 0.29) is 16.7 Å². The number of nitrogen functional groups attached to an aromatic ring is 1. The molecular weight excluding hydrogens is 277 g/mol. The van der Waals surface area contributed by atoms with Gasteiger partial charge in [0.2, 0.25) is 5.82 Å². The lowest BCUT2D eigenvalue weighted by molar-refractivity contribution is -0.137. The second kappa shape index (κ2) is 5.15. The van der Waals surface area contributed by atoms with E-state index < -0.39 is 18.3 Å². The lowest BCUT2D eigenvalue weighted by Gasteiger charge is -2.04. The Hall–Kier alpha value is -2.28. The Kier molecular flexibility index (Phi) is 3.57. The van der Waals surface area contributed by atoms with Crippen LogP contribution in [-0.2, 0) is 11.3 Å². The van der Waals surface area contributed by atoms with Crippen LogP contribution in [0.15, 0.2) is 24.4 Å². The van der Waals surface area contributed by atoms with Gasteiger partial charge in [0.15, 0.2) is 0 Å². The number of nitrogens with zero attached hydrogens (tertiary/aromatic N) is 2. The Bertz CT molecular complexity index is 630. The van der Waals surface area contributed by atoms with Gasteiger partial charge in [-0.2, -0.15) is 4.39 Å². The van der Waals surface area contributed by atoms with Crippen molar-refractivity contribution in [2.45, 2.75) is 6.54 Å². The largest absolute Gasteiger partial charge is 0.480 e. The van der Waals surface area contributed by atoms with Gasteiger partial charge in [0, 0.05) is 6.07 Å². The zero-order valence-corrected chi connectivity index (χ0v) is 10.3. The minimum absolute atomic E-state index is 0.249. The normalized spacial score (nSPS) is 10.4. The summed E-state index contributed by atoms with van der Waals surface area (Å²) in [6.45, 7) is -0.456. The molecule has 0 amide bonds. The first-order valence-electron chi connectivity index (χ1n) is 5.13. The number of benzene rings is 1. The van der Waals surface area contributed by atoms with Crippen LogP contribution in [0, 0.1) is 5.82 Å². The maximum atomic E-state index is 13.5. The maximum absolute atomic E-state index is 13.5. The highest BCUT2D eigenvalue weighted by atomic mass is 35.5. The number of anilines is 1. The molecule has 0 spiro atoms. The highest BCUT2D eigenvalue weighted by Gasteiger charge is 2.13. The number of nitrogens with two attached hydrogens (primary N) is 1. The number of hydrogen-bond acceptors (Lipinski definition) is 4. The van der Waals surface area contributed by atoms with Crippen molar-refractivity contribution in [3.05, 3.63) is 35.2 Å². The van der Waals surface area contributed by atoms with E-state index in [4.69, 9.17) is 27.2 Å². The predicted molar refractivity (Wildman–Crippen MR) is 65.8 cm³/mol. The topological polar surface area (TPSA) is 90.4 Å². The van der Waals surface area contributed by atoms with Gasteiger partial charge in [-0.1, -0.05) is 11.6 Å². The number of aliphatic carboxylic acids is 1. The van der Waals surface area contributed by atoms with Crippen LogP contribution in [0.3, 0.4) is 0 Å². The summed E-state index contributed by atoms with van der Waals surface area (Å²) >= 11 is 5.79. The van der Waals surface area contributed by atoms with Crippen molar-refractivity contribution in [3.63, 3.8) is 0 Å². The summed E-state index contributed by atoms with van der Waals surface area (Å²) in [6.07, 6.45) is 0.933. The van der Waals surface area contributed by atoms with Gasteiger partial charge in [0.05, 0.1) is 16.9 Å². The van der Waals surface area contributed by atoms with E-state index in [9.17, 15) is 9.18 Å². The summed E-state index contributed by atoms with van der Waals surface area (Å²) in [4.78, 5) is 10.5. The summed E-state index contributed by atoms with van der Waals surface area (Å²) in [5.41, 5.74) is 5.89. The van der Waals surface area contributed by atoms with Crippen molar-refractivity contribution in [2.24, 2.45) is 0 Å². The second-order valence-electron chi connectivity index (χ2n) is 3.66. The maximum Gasteiger partial charge on any atom is 0.325 e. The molecule has 0 aliphatic heterocycles. The fourth-order valence-corrected chi connectivity index (χ4v) is 1.52. The van der Waals surface area contributed by atoms with Gasteiger partial charge in [-0.3, -0.25) is 9.48 Å². The first-order chi connectivity index (χ1) is 8.95. The zero-order chi connectivity index (χ0) is 14.0. The molecule has 0 bridgehead atoms. The molecule has 0 aliphatic carbocycles. The molecule has 0 aliphatic rings. The number of ether oxygens (including phenoxy) is 1. The second-order valence-corrected chi connectivity index (χ2v) is 4.07. The fourth-order valence-electron chi connectivity index (χ4n) is 1.35. The van der Waals surface area contributed by atoms with E-state index in [1.807, 2.05) is 0 Å². The van der Waals surface area contributed by atoms with Gasteiger partial charge in [-0.15, -0.1) is 5.10 Å². The number of hydrogen-bond donors (Lipinski definition) is 2. The van der Waals surface area contributed by atoms with Crippen molar-refractivity contribution >= 4 is 23.3 Å². The molecule has 2 aromatic rings. The molecule has 100 valence electrons. The molecule has 3 N–H and O–H groups in total. The summed E-state index contributed by atoms with van der Waals surface area (Å²) < 4.78 is 19.6. The first kappa shape index (κ1) is 13.2. The molecule has 0 radical (unpaired) electrons. The smallest absolute Gasteiger partial charge is 0.325 e.